The molecule has 0 bridgehead atoms. The Kier molecular flexibility index (Phi) is 5.21. The molecular weight excluding hydrogens is 408 g/mol. The monoisotopic (exact) mass is 426 g/mol. The van der Waals surface area contributed by atoms with Crippen LogP contribution in [0.25, 0.3) is 10.2 Å². The third kappa shape index (κ3) is 4.34. The van der Waals surface area contributed by atoms with Gasteiger partial charge in [0.2, 0.25) is 0 Å². The zero-order chi connectivity index (χ0) is 21.0. The molecule has 0 aliphatic heterocycles. The highest BCUT2D eigenvalue weighted by Crippen LogP contribution is 2.32. The van der Waals surface area contributed by atoms with E-state index in [-0.39, 0.29) is 6.01 Å². The van der Waals surface area contributed by atoms with Gasteiger partial charge in [0.15, 0.2) is 5.75 Å². The summed E-state index contributed by atoms with van der Waals surface area (Å²) in [5.74, 6) is 1.32. The number of para-hydroxylation sites is 3. The van der Waals surface area contributed by atoms with E-state index in [2.05, 4.69) is 22.4 Å². The first kappa shape index (κ1) is 19.1. The van der Waals surface area contributed by atoms with Crippen molar-refractivity contribution in [2.75, 3.05) is 5.32 Å². The van der Waals surface area contributed by atoms with E-state index >= 15 is 0 Å². The van der Waals surface area contributed by atoms with E-state index in [1.165, 1.54) is 16.9 Å². The predicted molar refractivity (Wildman–Crippen MR) is 124 cm³/mol. The standard InChI is InChI=1S/C25H18N2O3S/c28-24-20-16-19(15-17-9-3-1-4-10-17)31-23(20)27-25(30-24)26-21-13-7-8-14-22(21)29-18-11-5-2-6-12-18/h1-14,16H,15H2,(H,26,27). The summed E-state index contributed by atoms with van der Waals surface area (Å²) in [4.78, 5) is 18.8. The van der Waals surface area contributed by atoms with Crippen LogP contribution in [0.2, 0.25) is 0 Å². The van der Waals surface area contributed by atoms with Crippen LogP contribution >= 0.6 is 11.3 Å². The normalized spacial score (nSPS) is 10.8. The second-order valence-corrected chi connectivity index (χ2v) is 8.05. The van der Waals surface area contributed by atoms with E-state index in [0.717, 1.165) is 11.3 Å². The lowest BCUT2D eigenvalue weighted by Gasteiger charge is -2.11. The molecule has 0 aliphatic carbocycles. The third-order valence-corrected chi connectivity index (χ3v) is 5.73. The number of nitrogens with zero attached hydrogens (tertiary/aromatic N) is 1. The number of ether oxygens (including phenoxy) is 1. The molecule has 2 heterocycles. The Hall–Kier alpha value is -3.90. The smallest absolute Gasteiger partial charge is 0.349 e. The molecule has 1 N–H and O–H groups in total. The first-order chi connectivity index (χ1) is 15.2. The van der Waals surface area contributed by atoms with E-state index in [1.54, 1.807) is 0 Å². The molecule has 5 rings (SSSR count). The van der Waals surface area contributed by atoms with Gasteiger partial charge in [-0.3, -0.25) is 0 Å². The fourth-order valence-electron chi connectivity index (χ4n) is 3.25. The van der Waals surface area contributed by atoms with E-state index in [4.69, 9.17) is 9.15 Å². The Labute approximate surface area is 182 Å². The van der Waals surface area contributed by atoms with Crippen molar-refractivity contribution >= 4 is 33.3 Å². The molecule has 0 unspecified atom stereocenters. The number of nitrogens with one attached hydrogen (secondary N) is 1. The van der Waals surface area contributed by atoms with Gasteiger partial charge in [-0.05, 0) is 35.9 Å². The Morgan fingerprint density at radius 1 is 0.903 bits per heavy atom. The van der Waals surface area contributed by atoms with Crippen LogP contribution in [0, 0.1) is 0 Å². The summed E-state index contributed by atoms with van der Waals surface area (Å²) in [5, 5.41) is 3.58. The van der Waals surface area contributed by atoms with E-state index < -0.39 is 5.63 Å². The van der Waals surface area contributed by atoms with Crippen molar-refractivity contribution in [1.82, 2.24) is 4.98 Å². The molecule has 0 spiro atoms. The number of thiophene rings is 1. The molecule has 0 saturated carbocycles. The maximum Gasteiger partial charge on any atom is 0.349 e. The molecular formula is C25H18N2O3S. The molecule has 0 saturated heterocycles. The Morgan fingerprint density at radius 2 is 1.61 bits per heavy atom. The lowest BCUT2D eigenvalue weighted by molar-refractivity contribution is 0.482. The van der Waals surface area contributed by atoms with Crippen molar-refractivity contribution in [3.8, 4) is 11.5 Å². The van der Waals surface area contributed by atoms with Crippen molar-refractivity contribution in [3.63, 3.8) is 0 Å². The molecule has 0 radical (unpaired) electrons. The maximum atomic E-state index is 12.6. The lowest BCUT2D eigenvalue weighted by Crippen LogP contribution is -2.04. The average Bonchev–Trinajstić information content (AvgIpc) is 3.19. The van der Waals surface area contributed by atoms with Gasteiger partial charge in [-0.1, -0.05) is 60.7 Å². The second kappa shape index (κ2) is 8.45. The highest BCUT2D eigenvalue weighted by atomic mass is 32.1. The first-order valence-corrected chi connectivity index (χ1v) is 10.6. The van der Waals surface area contributed by atoms with Gasteiger partial charge in [0.25, 0.3) is 0 Å². The molecule has 0 fully saturated rings. The SMILES string of the molecule is O=c1oc(Nc2ccccc2Oc2ccccc2)nc2sc(Cc3ccccc3)cc12. The molecule has 152 valence electrons. The van der Waals surface area contributed by atoms with Gasteiger partial charge in [0, 0.05) is 11.3 Å². The Bertz CT molecular complexity index is 1380. The summed E-state index contributed by atoms with van der Waals surface area (Å²) < 4.78 is 11.4. The number of fused-ring (bicyclic) bond motifs is 1. The number of aromatic nitrogens is 1. The van der Waals surface area contributed by atoms with Crippen molar-refractivity contribution in [3.05, 3.63) is 112 Å². The van der Waals surface area contributed by atoms with E-state index in [1.807, 2.05) is 78.9 Å². The number of hydrogen-bond donors (Lipinski definition) is 1. The van der Waals surface area contributed by atoms with Crippen LogP contribution in [-0.4, -0.2) is 4.98 Å². The minimum Gasteiger partial charge on any atom is -0.455 e. The molecule has 0 atom stereocenters. The summed E-state index contributed by atoms with van der Waals surface area (Å²) in [5.41, 5.74) is 1.43. The van der Waals surface area contributed by atoms with Crippen LogP contribution in [0.3, 0.4) is 0 Å². The third-order valence-electron chi connectivity index (χ3n) is 4.70. The molecule has 5 nitrogen and oxygen atoms in total. The summed E-state index contributed by atoms with van der Waals surface area (Å²) >= 11 is 1.50. The number of anilines is 2. The zero-order valence-corrected chi connectivity index (χ0v) is 17.3. The minimum absolute atomic E-state index is 0.134. The highest BCUT2D eigenvalue weighted by Gasteiger charge is 2.13. The first-order valence-electron chi connectivity index (χ1n) is 9.81. The van der Waals surface area contributed by atoms with Crippen LogP contribution in [0.15, 0.2) is 100 Å². The molecule has 5 aromatic rings. The topological polar surface area (TPSA) is 64.4 Å². The predicted octanol–water partition coefficient (Wildman–Crippen LogP) is 6.38. The lowest BCUT2D eigenvalue weighted by atomic mass is 10.1. The molecule has 2 aromatic heterocycles. The van der Waals surface area contributed by atoms with Crippen LogP contribution in [-0.2, 0) is 6.42 Å². The van der Waals surface area contributed by atoms with Gasteiger partial charge in [0.1, 0.15) is 10.6 Å². The number of benzene rings is 3. The highest BCUT2D eigenvalue weighted by molar-refractivity contribution is 7.18. The van der Waals surface area contributed by atoms with Crippen LogP contribution in [0.5, 0.6) is 11.5 Å². The van der Waals surface area contributed by atoms with Gasteiger partial charge in [0.05, 0.1) is 11.1 Å². The van der Waals surface area contributed by atoms with Crippen molar-refractivity contribution in [2.24, 2.45) is 0 Å². The summed E-state index contributed by atoms with van der Waals surface area (Å²) in [6.45, 7) is 0. The maximum absolute atomic E-state index is 12.6. The van der Waals surface area contributed by atoms with E-state index in [0.29, 0.717) is 27.4 Å². The largest absolute Gasteiger partial charge is 0.455 e. The second-order valence-electron chi connectivity index (χ2n) is 6.94. The molecule has 0 aliphatic rings. The average molecular weight is 426 g/mol. The van der Waals surface area contributed by atoms with Crippen molar-refractivity contribution in [1.29, 1.82) is 0 Å². The Morgan fingerprint density at radius 3 is 2.42 bits per heavy atom. The molecule has 0 amide bonds. The van der Waals surface area contributed by atoms with Gasteiger partial charge >= 0.3 is 11.6 Å². The Balaban J connectivity index is 1.43. The molecule has 6 heteroatoms. The quantitative estimate of drug-likeness (QED) is 0.341. The summed E-state index contributed by atoms with van der Waals surface area (Å²) in [6.07, 6.45) is 0.748. The van der Waals surface area contributed by atoms with E-state index in [9.17, 15) is 4.79 Å². The minimum atomic E-state index is -0.412. The van der Waals surface area contributed by atoms with Gasteiger partial charge in [-0.2, -0.15) is 4.98 Å². The summed E-state index contributed by atoms with van der Waals surface area (Å²) in [7, 11) is 0. The van der Waals surface area contributed by atoms with Gasteiger partial charge in [-0.25, -0.2) is 4.79 Å². The van der Waals surface area contributed by atoms with Crippen LogP contribution < -0.4 is 15.7 Å². The fraction of sp³-hybridized carbons (Fsp3) is 0.0400. The molecule has 31 heavy (non-hydrogen) atoms. The fourth-order valence-corrected chi connectivity index (χ4v) is 4.29. The van der Waals surface area contributed by atoms with Crippen LogP contribution in [0.1, 0.15) is 10.4 Å². The zero-order valence-electron chi connectivity index (χ0n) is 16.4. The summed E-state index contributed by atoms with van der Waals surface area (Å²) in [6, 6.07) is 29.1. The van der Waals surface area contributed by atoms with Gasteiger partial charge < -0.3 is 14.5 Å². The van der Waals surface area contributed by atoms with Crippen molar-refractivity contribution in [2.45, 2.75) is 6.42 Å². The number of hydrogen-bond acceptors (Lipinski definition) is 6. The van der Waals surface area contributed by atoms with Gasteiger partial charge in [-0.15, -0.1) is 11.3 Å². The molecule has 3 aromatic carbocycles. The van der Waals surface area contributed by atoms with Crippen LogP contribution in [0.4, 0.5) is 11.7 Å². The van der Waals surface area contributed by atoms with Crippen molar-refractivity contribution < 1.29 is 9.15 Å². The number of rotatable bonds is 6.